The molecule has 0 spiro atoms. The van der Waals surface area contributed by atoms with Crippen molar-refractivity contribution in [2.75, 3.05) is 13.7 Å². The fraction of sp³-hybridized carbons (Fsp3) is 0.182. The van der Waals surface area contributed by atoms with Crippen LogP contribution >= 0.6 is 23.2 Å². The van der Waals surface area contributed by atoms with Crippen molar-refractivity contribution in [3.63, 3.8) is 0 Å². The number of carbonyl (C=O) groups excluding carboxylic acids is 3. The van der Waals surface area contributed by atoms with Crippen molar-refractivity contribution in [1.82, 2.24) is 10.2 Å². The molecule has 1 saturated heterocycles. The van der Waals surface area contributed by atoms with E-state index in [1.165, 1.54) is 13.2 Å². The van der Waals surface area contributed by atoms with Crippen LogP contribution in [0.1, 0.15) is 30.0 Å². The highest BCUT2D eigenvalue weighted by Crippen LogP contribution is 2.36. The highest BCUT2D eigenvalue weighted by molar-refractivity contribution is 6.37. The van der Waals surface area contributed by atoms with Crippen molar-refractivity contribution in [3.8, 4) is 17.2 Å². The molecule has 220 valence electrons. The number of nitrogens with zero attached hydrogens (tertiary/aromatic N) is 1. The SMILES string of the molecule is CCCOc1ccc(CN2C(=O)NC(=O)/C(=C\c3cc(Cl)c(OCc4cccc5ccccc45)c(Cl)c3)C2=O)cc1OC. The standard InChI is InChI=1S/C33H28Cl2N2O6/c1-3-13-42-28-12-11-20(17-29(28)41-2)18-37-32(39)25(31(38)36-33(37)40)14-21-15-26(34)30(27(35)16-21)43-19-23-9-6-8-22-7-4-5-10-24(22)23/h4-12,14-17H,3,13,18-19H2,1-2H3,(H,36,38,40)/b25-14+. The van der Waals surface area contributed by atoms with Crippen molar-refractivity contribution in [3.05, 3.63) is 105 Å². The number of imide groups is 2. The predicted molar refractivity (Wildman–Crippen MR) is 166 cm³/mol. The summed E-state index contributed by atoms with van der Waals surface area (Å²) in [6.45, 7) is 2.65. The van der Waals surface area contributed by atoms with Crippen molar-refractivity contribution in [2.24, 2.45) is 0 Å². The van der Waals surface area contributed by atoms with Gasteiger partial charge >= 0.3 is 6.03 Å². The molecular weight excluding hydrogens is 591 g/mol. The Morgan fingerprint density at radius 3 is 2.37 bits per heavy atom. The molecule has 4 amide bonds. The van der Waals surface area contributed by atoms with Crippen LogP contribution in [0.5, 0.6) is 17.2 Å². The molecule has 1 aliphatic heterocycles. The Balaban J connectivity index is 1.35. The van der Waals surface area contributed by atoms with Gasteiger partial charge in [0.25, 0.3) is 11.8 Å². The van der Waals surface area contributed by atoms with Gasteiger partial charge in [0.05, 0.1) is 30.3 Å². The molecule has 0 radical (unpaired) electrons. The molecule has 4 aromatic rings. The first kappa shape index (κ1) is 29.9. The van der Waals surface area contributed by atoms with Gasteiger partial charge in [0.1, 0.15) is 12.2 Å². The number of methoxy groups -OCH3 is 1. The zero-order valence-electron chi connectivity index (χ0n) is 23.5. The number of hydrogen-bond donors (Lipinski definition) is 1. The fourth-order valence-electron chi connectivity index (χ4n) is 4.70. The second-order valence-corrected chi connectivity index (χ2v) is 10.6. The third-order valence-electron chi connectivity index (χ3n) is 6.80. The minimum atomic E-state index is -0.828. The summed E-state index contributed by atoms with van der Waals surface area (Å²) in [5.74, 6) is -0.292. The minimum absolute atomic E-state index is 0.0951. The van der Waals surface area contributed by atoms with Crippen LogP contribution in [0.25, 0.3) is 16.8 Å². The number of benzene rings is 4. The van der Waals surface area contributed by atoms with Crippen LogP contribution in [-0.4, -0.2) is 36.5 Å². The molecule has 0 unspecified atom stereocenters. The Kier molecular flexibility index (Phi) is 9.19. The predicted octanol–water partition coefficient (Wildman–Crippen LogP) is 7.19. The lowest BCUT2D eigenvalue weighted by atomic mass is 10.1. The summed E-state index contributed by atoms with van der Waals surface area (Å²) in [5, 5.41) is 4.77. The number of ether oxygens (including phenoxy) is 3. The van der Waals surface area contributed by atoms with Gasteiger partial charge in [0, 0.05) is 0 Å². The molecule has 43 heavy (non-hydrogen) atoms. The number of hydrogen-bond acceptors (Lipinski definition) is 6. The highest BCUT2D eigenvalue weighted by Gasteiger charge is 2.36. The number of fused-ring (bicyclic) bond motifs is 1. The Labute approximate surface area is 258 Å². The van der Waals surface area contributed by atoms with E-state index in [1.807, 2.05) is 49.4 Å². The first-order valence-corrected chi connectivity index (χ1v) is 14.3. The molecule has 1 aliphatic rings. The molecule has 0 saturated carbocycles. The second-order valence-electron chi connectivity index (χ2n) is 9.78. The largest absolute Gasteiger partial charge is 0.493 e. The zero-order chi connectivity index (χ0) is 30.5. The summed E-state index contributed by atoms with van der Waals surface area (Å²) in [4.78, 5) is 39.6. The van der Waals surface area contributed by atoms with Gasteiger partial charge in [-0.3, -0.25) is 19.8 Å². The van der Waals surface area contributed by atoms with Crippen LogP contribution in [0.4, 0.5) is 4.79 Å². The van der Waals surface area contributed by atoms with Gasteiger partial charge in [0.15, 0.2) is 17.2 Å². The Bertz CT molecular complexity index is 1720. The summed E-state index contributed by atoms with van der Waals surface area (Å²) in [7, 11) is 1.51. The lowest BCUT2D eigenvalue weighted by Crippen LogP contribution is -2.53. The van der Waals surface area contributed by atoms with Gasteiger partial charge in [0.2, 0.25) is 0 Å². The van der Waals surface area contributed by atoms with Crippen LogP contribution in [0.15, 0.2) is 78.4 Å². The second kappa shape index (κ2) is 13.2. The maximum absolute atomic E-state index is 13.4. The Morgan fingerprint density at radius 1 is 0.884 bits per heavy atom. The number of carbonyl (C=O) groups is 3. The first-order chi connectivity index (χ1) is 20.8. The zero-order valence-corrected chi connectivity index (χ0v) is 25.0. The number of halogens is 2. The molecule has 8 nitrogen and oxygen atoms in total. The van der Waals surface area contributed by atoms with Gasteiger partial charge < -0.3 is 14.2 Å². The molecule has 10 heteroatoms. The molecule has 0 aliphatic carbocycles. The Morgan fingerprint density at radius 2 is 1.63 bits per heavy atom. The summed E-state index contributed by atoms with van der Waals surface area (Å²) in [6.07, 6.45) is 2.17. The van der Waals surface area contributed by atoms with Crippen molar-refractivity contribution in [1.29, 1.82) is 0 Å². The number of urea groups is 1. The van der Waals surface area contributed by atoms with E-state index >= 15 is 0 Å². The van der Waals surface area contributed by atoms with Gasteiger partial charge in [-0.25, -0.2) is 4.79 Å². The molecule has 5 rings (SSSR count). The number of nitrogens with one attached hydrogen (secondary N) is 1. The van der Waals surface area contributed by atoms with Crippen molar-refractivity contribution in [2.45, 2.75) is 26.5 Å². The van der Waals surface area contributed by atoms with E-state index in [-0.39, 0.29) is 34.5 Å². The summed E-state index contributed by atoms with van der Waals surface area (Å²) in [5.41, 5.74) is 1.72. The number of amides is 4. The summed E-state index contributed by atoms with van der Waals surface area (Å²) in [6, 6.07) is 21.3. The lowest BCUT2D eigenvalue weighted by Gasteiger charge is -2.26. The fourth-order valence-corrected chi connectivity index (χ4v) is 5.31. The van der Waals surface area contributed by atoms with Crippen molar-refractivity contribution < 1.29 is 28.6 Å². The third-order valence-corrected chi connectivity index (χ3v) is 7.36. The van der Waals surface area contributed by atoms with E-state index in [0.29, 0.717) is 29.2 Å². The quantitative estimate of drug-likeness (QED) is 0.149. The topological polar surface area (TPSA) is 94.2 Å². The van der Waals surface area contributed by atoms with E-state index in [4.69, 9.17) is 37.4 Å². The van der Waals surface area contributed by atoms with E-state index < -0.39 is 17.8 Å². The molecule has 1 fully saturated rings. The normalized spacial score (nSPS) is 14.3. The number of rotatable bonds is 10. The van der Waals surface area contributed by atoms with Crippen molar-refractivity contribution >= 4 is 57.9 Å². The smallest absolute Gasteiger partial charge is 0.331 e. The first-order valence-electron chi connectivity index (χ1n) is 13.6. The molecule has 4 aromatic carbocycles. The summed E-state index contributed by atoms with van der Waals surface area (Å²) < 4.78 is 17.1. The third kappa shape index (κ3) is 6.61. The highest BCUT2D eigenvalue weighted by atomic mass is 35.5. The van der Waals surface area contributed by atoms with Crippen LogP contribution in [0, 0.1) is 0 Å². The molecule has 1 N–H and O–H groups in total. The van der Waals surface area contributed by atoms with Gasteiger partial charge in [-0.1, -0.05) is 78.7 Å². The van der Waals surface area contributed by atoms with Crippen LogP contribution in [0.3, 0.4) is 0 Å². The molecule has 0 atom stereocenters. The van der Waals surface area contributed by atoms with Gasteiger partial charge in [-0.15, -0.1) is 0 Å². The molecular formula is C33H28Cl2N2O6. The van der Waals surface area contributed by atoms with Crippen LogP contribution in [0.2, 0.25) is 10.0 Å². The van der Waals surface area contributed by atoms with Crippen LogP contribution in [-0.2, 0) is 22.7 Å². The van der Waals surface area contributed by atoms with Gasteiger partial charge in [-0.05, 0) is 64.2 Å². The average Bonchev–Trinajstić information content (AvgIpc) is 3.00. The van der Waals surface area contributed by atoms with E-state index in [1.54, 1.807) is 30.3 Å². The lowest BCUT2D eigenvalue weighted by molar-refractivity contribution is -0.130. The van der Waals surface area contributed by atoms with Gasteiger partial charge in [-0.2, -0.15) is 0 Å². The maximum Gasteiger partial charge on any atom is 0.331 e. The van der Waals surface area contributed by atoms with E-state index in [9.17, 15) is 14.4 Å². The molecule has 1 heterocycles. The number of barbiturate groups is 1. The van der Waals surface area contributed by atoms with Crippen LogP contribution < -0.4 is 19.5 Å². The Hall–Kier alpha value is -4.53. The molecule has 0 aromatic heterocycles. The molecule has 0 bridgehead atoms. The van der Waals surface area contributed by atoms with E-state index in [0.717, 1.165) is 27.7 Å². The average molecular weight is 620 g/mol. The monoisotopic (exact) mass is 618 g/mol. The van der Waals surface area contributed by atoms with E-state index in [2.05, 4.69) is 5.32 Å². The minimum Gasteiger partial charge on any atom is -0.493 e. The summed E-state index contributed by atoms with van der Waals surface area (Å²) >= 11 is 13.1. The maximum atomic E-state index is 13.4.